The Morgan fingerprint density at radius 1 is 0.969 bits per heavy atom. The second kappa shape index (κ2) is 9.10. The quantitative estimate of drug-likeness (QED) is 0.554. The lowest BCUT2D eigenvalue weighted by Gasteiger charge is -2.21. The highest BCUT2D eigenvalue weighted by atomic mass is 35.5. The van der Waals surface area contributed by atoms with Crippen LogP contribution in [0.5, 0.6) is 11.5 Å². The van der Waals surface area contributed by atoms with Crippen LogP contribution in [0.3, 0.4) is 0 Å². The summed E-state index contributed by atoms with van der Waals surface area (Å²) in [6.45, 7) is 2.80. The molecule has 7 nitrogen and oxygen atoms in total. The first kappa shape index (κ1) is 22.0. The zero-order valence-corrected chi connectivity index (χ0v) is 18.7. The molecule has 0 unspecified atom stereocenters. The van der Waals surface area contributed by atoms with E-state index in [0.29, 0.717) is 30.4 Å². The summed E-state index contributed by atoms with van der Waals surface area (Å²) in [5.41, 5.74) is 1.40. The Labute approximate surface area is 191 Å². The number of hydrogen-bond acceptors (Lipinski definition) is 5. The van der Waals surface area contributed by atoms with Gasteiger partial charge in [0.1, 0.15) is 18.1 Å². The highest BCUT2D eigenvalue weighted by molar-refractivity contribution is 7.92. The summed E-state index contributed by atoms with van der Waals surface area (Å²) >= 11 is 6.14. The third-order valence-corrected chi connectivity index (χ3v) is 6.79. The van der Waals surface area contributed by atoms with E-state index in [2.05, 4.69) is 10.0 Å². The van der Waals surface area contributed by atoms with E-state index in [9.17, 15) is 13.2 Å². The monoisotopic (exact) mass is 472 g/mol. The number of anilines is 1. The summed E-state index contributed by atoms with van der Waals surface area (Å²) in [7, 11) is -3.98. The number of halogens is 1. The van der Waals surface area contributed by atoms with E-state index in [1.807, 2.05) is 19.1 Å². The summed E-state index contributed by atoms with van der Waals surface area (Å²) in [4.78, 5) is 12.7. The van der Waals surface area contributed by atoms with Crippen molar-refractivity contribution in [3.63, 3.8) is 0 Å². The van der Waals surface area contributed by atoms with Gasteiger partial charge in [0, 0.05) is 11.3 Å². The van der Waals surface area contributed by atoms with Crippen molar-refractivity contribution in [2.45, 2.75) is 17.9 Å². The van der Waals surface area contributed by atoms with Crippen LogP contribution in [-0.4, -0.2) is 27.5 Å². The van der Waals surface area contributed by atoms with Crippen LogP contribution in [-0.2, 0) is 10.0 Å². The van der Waals surface area contributed by atoms with Gasteiger partial charge in [-0.25, -0.2) is 8.42 Å². The molecule has 32 heavy (non-hydrogen) atoms. The minimum Gasteiger partial charge on any atom is -0.486 e. The number of benzene rings is 3. The lowest BCUT2D eigenvalue weighted by molar-refractivity contribution is 0.0939. The van der Waals surface area contributed by atoms with Gasteiger partial charge in [-0.1, -0.05) is 35.9 Å². The van der Waals surface area contributed by atoms with Gasteiger partial charge >= 0.3 is 0 Å². The van der Waals surface area contributed by atoms with E-state index >= 15 is 0 Å². The van der Waals surface area contributed by atoms with Crippen molar-refractivity contribution in [2.75, 3.05) is 17.9 Å². The molecule has 0 saturated carbocycles. The van der Waals surface area contributed by atoms with Crippen LogP contribution in [0.15, 0.2) is 71.6 Å². The Bertz CT molecular complexity index is 1250. The van der Waals surface area contributed by atoms with Gasteiger partial charge in [-0.3, -0.25) is 9.52 Å². The maximum absolute atomic E-state index is 12.8. The molecular weight excluding hydrogens is 452 g/mol. The largest absolute Gasteiger partial charge is 0.486 e. The number of ether oxygens (including phenoxy) is 2. The van der Waals surface area contributed by atoms with Crippen LogP contribution < -0.4 is 19.5 Å². The first-order chi connectivity index (χ1) is 15.3. The van der Waals surface area contributed by atoms with Crippen LogP contribution in [0.25, 0.3) is 0 Å². The van der Waals surface area contributed by atoms with E-state index in [4.69, 9.17) is 21.1 Å². The minimum atomic E-state index is -3.98. The molecule has 1 amide bonds. The molecule has 0 aromatic heterocycles. The van der Waals surface area contributed by atoms with Gasteiger partial charge in [-0.2, -0.15) is 0 Å². The van der Waals surface area contributed by atoms with E-state index in [1.165, 1.54) is 18.2 Å². The van der Waals surface area contributed by atoms with Crippen molar-refractivity contribution in [3.05, 3.63) is 82.9 Å². The SMILES string of the molecule is C[C@H](NC(=O)c1ccc(Cl)c(S(=O)(=O)Nc2ccccc2)c1)c1ccc2c(c1)OCCO2. The third kappa shape index (κ3) is 4.81. The number of rotatable bonds is 6. The first-order valence-electron chi connectivity index (χ1n) is 9.91. The highest BCUT2D eigenvalue weighted by Gasteiger charge is 2.22. The van der Waals surface area contributed by atoms with Crippen molar-refractivity contribution >= 4 is 33.2 Å². The number of fused-ring (bicyclic) bond motifs is 1. The zero-order chi connectivity index (χ0) is 22.7. The summed E-state index contributed by atoms with van der Waals surface area (Å²) in [6.07, 6.45) is 0. The molecule has 0 aliphatic carbocycles. The molecule has 3 aromatic carbocycles. The normalized spacial score (nSPS) is 13.8. The summed E-state index contributed by atoms with van der Waals surface area (Å²) in [5, 5.41) is 2.89. The maximum atomic E-state index is 12.8. The number of carbonyl (C=O) groups excluding carboxylic acids is 1. The molecule has 4 rings (SSSR count). The van der Waals surface area contributed by atoms with E-state index in [0.717, 1.165) is 5.56 Å². The molecule has 0 spiro atoms. The molecule has 0 bridgehead atoms. The summed E-state index contributed by atoms with van der Waals surface area (Å²) in [6, 6.07) is 17.7. The van der Waals surface area contributed by atoms with Crippen LogP contribution in [0.2, 0.25) is 5.02 Å². The Morgan fingerprint density at radius 2 is 1.69 bits per heavy atom. The standard InChI is InChI=1S/C23H21ClN2O5S/c1-15(16-8-10-20-21(13-16)31-12-11-30-20)25-23(27)17-7-9-19(24)22(14-17)32(28,29)26-18-5-3-2-4-6-18/h2-10,13-15,26H,11-12H2,1H3,(H,25,27)/t15-/m0/s1. The number of para-hydroxylation sites is 1. The predicted molar refractivity (Wildman–Crippen MR) is 122 cm³/mol. The molecule has 1 heterocycles. The second-order valence-corrected chi connectivity index (χ2v) is 9.27. The molecule has 0 saturated heterocycles. The van der Waals surface area contributed by atoms with E-state index < -0.39 is 15.9 Å². The van der Waals surface area contributed by atoms with E-state index in [1.54, 1.807) is 36.4 Å². The Kier molecular flexibility index (Phi) is 6.25. The average Bonchev–Trinajstić information content (AvgIpc) is 2.79. The number of amides is 1. The maximum Gasteiger partial charge on any atom is 0.263 e. The molecule has 166 valence electrons. The molecule has 2 N–H and O–H groups in total. The van der Waals surface area contributed by atoms with Crippen LogP contribution in [0.4, 0.5) is 5.69 Å². The van der Waals surface area contributed by atoms with Gasteiger partial charge in [0.15, 0.2) is 11.5 Å². The minimum absolute atomic E-state index is 0.0184. The lowest BCUT2D eigenvalue weighted by Crippen LogP contribution is -2.27. The Morgan fingerprint density at radius 3 is 2.44 bits per heavy atom. The van der Waals surface area contributed by atoms with Crippen molar-refractivity contribution in [2.24, 2.45) is 0 Å². The second-order valence-electron chi connectivity index (χ2n) is 7.21. The van der Waals surface area contributed by atoms with Gasteiger partial charge in [-0.15, -0.1) is 0 Å². The average molecular weight is 473 g/mol. The summed E-state index contributed by atoms with van der Waals surface area (Å²) in [5.74, 6) is 0.860. The molecule has 3 aromatic rings. The molecule has 0 fully saturated rings. The van der Waals surface area contributed by atoms with Crippen molar-refractivity contribution in [1.29, 1.82) is 0 Å². The molecule has 0 radical (unpaired) electrons. The Hall–Kier alpha value is -3.23. The van der Waals surface area contributed by atoms with E-state index in [-0.39, 0.29) is 21.5 Å². The third-order valence-electron chi connectivity index (χ3n) is 4.92. The van der Waals surface area contributed by atoms with Crippen LogP contribution in [0.1, 0.15) is 28.9 Å². The van der Waals surface area contributed by atoms with Gasteiger partial charge in [0.25, 0.3) is 15.9 Å². The first-order valence-corrected chi connectivity index (χ1v) is 11.8. The number of carbonyl (C=O) groups is 1. The fourth-order valence-corrected chi connectivity index (χ4v) is 4.84. The van der Waals surface area contributed by atoms with Crippen LogP contribution in [0, 0.1) is 0 Å². The zero-order valence-electron chi connectivity index (χ0n) is 17.2. The van der Waals surface area contributed by atoms with Crippen molar-refractivity contribution < 1.29 is 22.7 Å². The van der Waals surface area contributed by atoms with Crippen molar-refractivity contribution in [3.8, 4) is 11.5 Å². The highest BCUT2D eigenvalue weighted by Crippen LogP contribution is 2.33. The van der Waals surface area contributed by atoms with Gasteiger partial charge in [0.2, 0.25) is 0 Å². The fourth-order valence-electron chi connectivity index (χ4n) is 3.26. The summed E-state index contributed by atoms with van der Waals surface area (Å²) < 4.78 is 39.2. The molecule has 1 aliphatic heterocycles. The fraction of sp³-hybridized carbons (Fsp3) is 0.174. The molecular formula is C23H21ClN2O5S. The Balaban J connectivity index is 1.53. The molecule has 9 heteroatoms. The lowest BCUT2D eigenvalue weighted by atomic mass is 10.1. The molecule has 1 atom stereocenters. The number of nitrogens with one attached hydrogen (secondary N) is 2. The van der Waals surface area contributed by atoms with Crippen molar-refractivity contribution in [1.82, 2.24) is 5.32 Å². The topological polar surface area (TPSA) is 93.7 Å². The molecule has 1 aliphatic rings. The van der Waals surface area contributed by atoms with Crippen LogP contribution >= 0.6 is 11.6 Å². The number of hydrogen-bond donors (Lipinski definition) is 2. The smallest absolute Gasteiger partial charge is 0.263 e. The van der Waals surface area contributed by atoms with Gasteiger partial charge < -0.3 is 14.8 Å². The predicted octanol–water partition coefficient (Wildman–Crippen LogP) is 4.40. The number of sulfonamides is 1. The van der Waals surface area contributed by atoms with Gasteiger partial charge in [0.05, 0.1) is 11.1 Å². The van der Waals surface area contributed by atoms with Gasteiger partial charge in [-0.05, 0) is 55.0 Å².